The lowest BCUT2D eigenvalue weighted by molar-refractivity contribution is -0.148. The Hall–Kier alpha value is -0.610. The number of carbonyl (C=O) groups excluding carboxylic acids is 1. The minimum Gasteiger partial charge on any atom is -0.468 e. The fraction of sp³-hybridized carbons (Fsp3) is 0.900. The molecular formula is C10H19NO3. The second-order valence-corrected chi connectivity index (χ2v) is 3.65. The first-order chi connectivity index (χ1) is 6.79. The number of hydrogen-bond acceptors (Lipinski definition) is 4. The van der Waals surface area contributed by atoms with Gasteiger partial charge in [0.2, 0.25) is 0 Å². The van der Waals surface area contributed by atoms with Crippen LogP contribution in [0.15, 0.2) is 0 Å². The molecule has 1 N–H and O–H groups in total. The van der Waals surface area contributed by atoms with Crippen LogP contribution in [0.25, 0.3) is 0 Å². The molecule has 82 valence electrons. The summed E-state index contributed by atoms with van der Waals surface area (Å²) in [6.07, 6.45) is 3.85. The van der Waals surface area contributed by atoms with E-state index in [1.807, 2.05) is 0 Å². The molecule has 14 heavy (non-hydrogen) atoms. The molecule has 4 nitrogen and oxygen atoms in total. The summed E-state index contributed by atoms with van der Waals surface area (Å²) in [7, 11) is 1.43. The van der Waals surface area contributed by atoms with Crippen LogP contribution in [0.5, 0.6) is 0 Å². The Labute approximate surface area is 84.8 Å². The highest BCUT2D eigenvalue weighted by molar-refractivity contribution is 5.75. The predicted molar refractivity (Wildman–Crippen MR) is 52.9 cm³/mol. The van der Waals surface area contributed by atoms with E-state index in [4.69, 9.17) is 9.84 Å². The van der Waals surface area contributed by atoms with E-state index in [1.54, 1.807) is 0 Å². The molecule has 0 spiro atoms. The number of hydrogen-bond donors (Lipinski definition) is 1. The largest absolute Gasteiger partial charge is 0.468 e. The van der Waals surface area contributed by atoms with Crippen LogP contribution in [0, 0.1) is 0 Å². The summed E-state index contributed by atoms with van der Waals surface area (Å²) in [5.41, 5.74) is 0. The minimum absolute atomic E-state index is 0.0831. The Morgan fingerprint density at radius 1 is 1.57 bits per heavy atom. The van der Waals surface area contributed by atoms with Crippen LogP contribution in [0.1, 0.15) is 25.7 Å². The Kier molecular flexibility index (Phi) is 4.90. The fourth-order valence-corrected chi connectivity index (χ4v) is 1.94. The Morgan fingerprint density at radius 3 is 3.00 bits per heavy atom. The number of aliphatic hydroxyl groups is 1. The van der Waals surface area contributed by atoms with Crippen LogP contribution in [0.3, 0.4) is 0 Å². The minimum atomic E-state index is -0.136. The summed E-state index contributed by atoms with van der Waals surface area (Å²) >= 11 is 0. The van der Waals surface area contributed by atoms with Gasteiger partial charge in [0.25, 0.3) is 0 Å². The third-order valence-corrected chi connectivity index (χ3v) is 2.69. The SMILES string of the molecule is COC(=O)[C@H]1CCCCN1CCCO. The molecule has 4 heteroatoms. The van der Waals surface area contributed by atoms with Gasteiger partial charge in [0.1, 0.15) is 6.04 Å². The standard InChI is InChI=1S/C10H19NO3/c1-14-10(13)9-5-2-3-6-11(9)7-4-8-12/h9,12H,2-8H2,1H3/t9-/m1/s1. The van der Waals surface area contributed by atoms with Gasteiger partial charge in [-0.1, -0.05) is 6.42 Å². The van der Waals surface area contributed by atoms with Gasteiger partial charge in [-0.15, -0.1) is 0 Å². The Morgan fingerprint density at radius 2 is 2.36 bits per heavy atom. The van der Waals surface area contributed by atoms with Crippen LogP contribution in [0.2, 0.25) is 0 Å². The van der Waals surface area contributed by atoms with Crippen LogP contribution < -0.4 is 0 Å². The summed E-state index contributed by atoms with van der Waals surface area (Å²) in [5.74, 6) is -0.136. The van der Waals surface area contributed by atoms with Crippen molar-refractivity contribution in [2.75, 3.05) is 26.8 Å². The molecule has 0 bridgehead atoms. The smallest absolute Gasteiger partial charge is 0.323 e. The molecule has 1 fully saturated rings. The second kappa shape index (κ2) is 5.98. The number of aliphatic hydroxyl groups excluding tert-OH is 1. The highest BCUT2D eigenvalue weighted by atomic mass is 16.5. The third kappa shape index (κ3) is 2.96. The first-order valence-corrected chi connectivity index (χ1v) is 5.22. The van der Waals surface area contributed by atoms with Gasteiger partial charge in [-0.05, 0) is 25.8 Å². The van der Waals surface area contributed by atoms with E-state index in [0.29, 0.717) is 0 Å². The normalized spacial score (nSPS) is 23.4. The topological polar surface area (TPSA) is 49.8 Å². The lowest BCUT2D eigenvalue weighted by Crippen LogP contribution is -2.45. The molecule has 0 radical (unpaired) electrons. The van der Waals surface area contributed by atoms with Crippen molar-refractivity contribution in [3.05, 3.63) is 0 Å². The Balaban J connectivity index is 2.45. The van der Waals surface area contributed by atoms with E-state index in [2.05, 4.69) is 4.90 Å². The zero-order valence-electron chi connectivity index (χ0n) is 8.74. The van der Waals surface area contributed by atoms with Crippen molar-refractivity contribution >= 4 is 5.97 Å². The molecule has 0 aromatic rings. The van der Waals surface area contributed by atoms with Crippen LogP contribution in [0.4, 0.5) is 0 Å². The summed E-state index contributed by atoms with van der Waals surface area (Å²) in [6, 6.07) is -0.0831. The van der Waals surface area contributed by atoms with Crippen LogP contribution >= 0.6 is 0 Å². The van der Waals surface area contributed by atoms with Crippen molar-refractivity contribution in [2.24, 2.45) is 0 Å². The van der Waals surface area contributed by atoms with E-state index < -0.39 is 0 Å². The average Bonchev–Trinajstić information content (AvgIpc) is 2.25. The van der Waals surface area contributed by atoms with Crippen LogP contribution in [-0.4, -0.2) is 48.8 Å². The molecule has 1 atom stereocenters. The van der Waals surface area contributed by atoms with Gasteiger partial charge >= 0.3 is 5.97 Å². The summed E-state index contributed by atoms with van der Waals surface area (Å²) < 4.78 is 4.76. The molecule has 1 heterocycles. The van der Waals surface area contributed by atoms with E-state index in [-0.39, 0.29) is 18.6 Å². The highest BCUT2D eigenvalue weighted by Crippen LogP contribution is 2.17. The van der Waals surface area contributed by atoms with Gasteiger partial charge in [0.15, 0.2) is 0 Å². The quantitative estimate of drug-likeness (QED) is 0.669. The number of ether oxygens (including phenoxy) is 1. The van der Waals surface area contributed by atoms with Gasteiger partial charge in [-0.25, -0.2) is 0 Å². The summed E-state index contributed by atoms with van der Waals surface area (Å²) in [6.45, 7) is 1.92. The van der Waals surface area contributed by atoms with Gasteiger partial charge in [0.05, 0.1) is 7.11 Å². The highest BCUT2D eigenvalue weighted by Gasteiger charge is 2.28. The van der Waals surface area contributed by atoms with Crippen molar-refractivity contribution in [2.45, 2.75) is 31.7 Å². The number of nitrogens with zero attached hydrogens (tertiary/aromatic N) is 1. The number of methoxy groups -OCH3 is 1. The number of likely N-dealkylation sites (tertiary alicyclic amines) is 1. The molecule has 0 aromatic heterocycles. The summed E-state index contributed by atoms with van der Waals surface area (Å²) in [4.78, 5) is 13.5. The van der Waals surface area contributed by atoms with Gasteiger partial charge in [0, 0.05) is 13.2 Å². The second-order valence-electron chi connectivity index (χ2n) is 3.65. The molecule has 1 aliphatic rings. The number of esters is 1. The number of carbonyl (C=O) groups is 1. The molecule has 0 aliphatic carbocycles. The molecule has 0 aromatic carbocycles. The lowest BCUT2D eigenvalue weighted by atomic mass is 10.0. The number of rotatable bonds is 4. The van der Waals surface area contributed by atoms with Crippen molar-refractivity contribution in [3.63, 3.8) is 0 Å². The molecule has 1 aliphatic heterocycles. The van der Waals surface area contributed by atoms with E-state index in [9.17, 15) is 4.79 Å². The maximum Gasteiger partial charge on any atom is 0.323 e. The Bertz CT molecular complexity index is 184. The monoisotopic (exact) mass is 201 g/mol. The van der Waals surface area contributed by atoms with E-state index >= 15 is 0 Å². The van der Waals surface area contributed by atoms with E-state index in [0.717, 1.165) is 38.8 Å². The fourth-order valence-electron chi connectivity index (χ4n) is 1.94. The zero-order chi connectivity index (χ0) is 10.4. The lowest BCUT2D eigenvalue weighted by Gasteiger charge is -2.33. The molecule has 0 unspecified atom stereocenters. The van der Waals surface area contributed by atoms with Crippen molar-refractivity contribution in [1.82, 2.24) is 4.90 Å². The summed E-state index contributed by atoms with van der Waals surface area (Å²) in [5, 5.41) is 8.74. The van der Waals surface area contributed by atoms with E-state index in [1.165, 1.54) is 7.11 Å². The van der Waals surface area contributed by atoms with Gasteiger partial charge in [-0.3, -0.25) is 9.69 Å². The predicted octanol–water partition coefficient (Wildman–Crippen LogP) is 0.396. The maximum atomic E-state index is 11.4. The van der Waals surface area contributed by atoms with Gasteiger partial charge in [-0.2, -0.15) is 0 Å². The maximum absolute atomic E-state index is 11.4. The first kappa shape index (κ1) is 11.5. The molecule has 1 rings (SSSR count). The van der Waals surface area contributed by atoms with Crippen LogP contribution in [-0.2, 0) is 9.53 Å². The number of piperidine rings is 1. The zero-order valence-corrected chi connectivity index (χ0v) is 8.74. The van der Waals surface area contributed by atoms with Gasteiger partial charge < -0.3 is 9.84 Å². The molecule has 0 amide bonds. The van der Waals surface area contributed by atoms with Crippen molar-refractivity contribution in [1.29, 1.82) is 0 Å². The molecular weight excluding hydrogens is 182 g/mol. The molecule has 0 saturated carbocycles. The van der Waals surface area contributed by atoms with Crippen molar-refractivity contribution < 1.29 is 14.6 Å². The van der Waals surface area contributed by atoms with Crippen molar-refractivity contribution in [3.8, 4) is 0 Å². The third-order valence-electron chi connectivity index (χ3n) is 2.69. The molecule has 1 saturated heterocycles. The average molecular weight is 201 g/mol. The first-order valence-electron chi connectivity index (χ1n) is 5.22.